The number of hydrazine groups is 1. The van der Waals surface area contributed by atoms with E-state index in [9.17, 15) is 9.59 Å². The molecule has 0 spiro atoms. The molecule has 0 saturated heterocycles. The quantitative estimate of drug-likeness (QED) is 0.742. The van der Waals surface area contributed by atoms with Gasteiger partial charge in [0.1, 0.15) is 17.2 Å². The fourth-order valence-electron chi connectivity index (χ4n) is 2.17. The molecule has 0 aliphatic rings. The van der Waals surface area contributed by atoms with Gasteiger partial charge in [-0.1, -0.05) is 12.1 Å². The summed E-state index contributed by atoms with van der Waals surface area (Å²) in [6, 6.07) is 12.3. The molecule has 0 radical (unpaired) electrons. The molecule has 138 valence electrons. The average Bonchev–Trinajstić information content (AvgIpc) is 2.65. The molecule has 0 fully saturated rings. The summed E-state index contributed by atoms with van der Waals surface area (Å²) in [5.74, 6) is 0.820. The van der Waals surface area contributed by atoms with Crippen LogP contribution < -0.4 is 25.1 Å². The molecule has 0 aliphatic carbocycles. The molecule has 2 amide bonds. The zero-order valence-electron chi connectivity index (χ0n) is 15.0. The fraction of sp³-hybridized carbons (Fsp3) is 0.263. The van der Waals surface area contributed by atoms with E-state index in [4.69, 9.17) is 14.2 Å². The molecule has 0 unspecified atom stereocenters. The van der Waals surface area contributed by atoms with Crippen LogP contribution in [-0.2, 0) is 4.79 Å². The van der Waals surface area contributed by atoms with E-state index in [1.54, 1.807) is 18.2 Å². The van der Waals surface area contributed by atoms with Crippen LogP contribution >= 0.6 is 0 Å². The number of benzene rings is 2. The van der Waals surface area contributed by atoms with Crippen molar-refractivity contribution in [2.45, 2.75) is 13.3 Å². The van der Waals surface area contributed by atoms with E-state index in [0.29, 0.717) is 22.8 Å². The van der Waals surface area contributed by atoms with E-state index in [1.807, 2.05) is 31.2 Å². The number of rotatable bonds is 7. The Morgan fingerprint density at radius 2 is 1.62 bits per heavy atom. The zero-order valence-corrected chi connectivity index (χ0v) is 15.0. The third-order valence-corrected chi connectivity index (χ3v) is 3.52. The van der Waals surface area contributed by atoms with Crippen LogP contribution in [0.1, 0.15) is 22.3 Å². The lowest BCUT2D eigenvalue weighted by Crippen LogP contribution is -2.42. The highest BCUT2D eigenvalue weighted by molar-refractivity contribution is 5.96. The van der Waals surface area contributed by atoms with Gasteiger partial charge in [0.05, 0.1) is 27.2 Å². The van der Waals surface area contributed by atoms with E-state index < -0.39 is 5.91 Å². The number of hydrogen-bond acceptors (Lipinski definition) is 5. The third kappa shape index (κ3) is 5.70. The molecule has 0 bridgehead atoms. The largest absolute Gasteiger partial charge is 0.497 e. The molecule has 0 saturated carbocycles. The Labute approximate surface area is 152 Å². The van der Waals surface area contributed by atoms with Crippen LogP contribution in [0.5, 0.6) is 17.2 Å². The van der Waals surface area contributed by atoms with Gasteiger partial charge in [-0.25, -0.2) is 0 Å². The Morgan fingerprint density at radius 1 is 0.923 bits per heavy atom. The molecule has 0 aliphatic heterocycles. The first-order valence-corrected chi connectivity index (χ1v) is 8.03. The monoisotopic (exact) mass is 358 g/mol. The molecule has 0 atom stereocenters. The molecule has 2 N–H and O–H groups in total. The summed E-state index contributed by atoms with van der Waals surface area (Å²) in [4.78, 5) is 24.0. The second-order valence-corrected chi connectivity index (χ2v) is 5.52. The standard InChI is InChI=1S/C19H22N2O5/c1-13-5-4-6-15(9-13)26-8-7-18(22)20-21-19(23)14-10-16(24-2)12-17(11-14)25-3/h4-6,9-12H,7-8H2,1-3H3,(H,20,22)(H,21,23). The molecular weight excluding hydrogens is 336 g/mol. The number of ether oxygens (including phenoxy) is 3. The number of hydrogen-bond donors (Lipinski definition) is 2. The van der Waals surface area contributed by atoms with Crippen molar-refractivity contribution in [2.24, 2.45) is 0 Å². The van der Waals surface area contributed by atoms with Gasteiger partial charge in [-0.05, 0) is 36.8 Å². The number of aryl methyl sites for hydroxylation is 1. The van der Waals surface area contributed by atoms with E-state index in [1.165, 1.54) is 14.2 Å². The van der Waals surface area contributed by atoms with Crippen LogP contribution in [0.25, 0.3) is 0 Å². The molecule has 2 aromatic carbocycles. The zero-order chi connectivity index (χ0) is 18.9. The highest BCUT2D eigenvalue weighted by Gasteiger charge is 2.11. The molecule has 2 rings (SSSR count). The predicted molar refractivity (Wildman–Crippen MR) is 96.4 cm³/mol. The van der Waals surface area contributed by atoms with Crippen molar-refractivity contribution in [3.8, 4) is 17.2 Å². The summed E-state index contributed by atoms with van der Waals surface area (Å²) in [5, 5.41) is 0. The maximum absolute atomic E-state index is 12.1. The van der Waals surface area contributed by atoms with E-state index >= 15 is 0 Å². The summed E-state index contributed by atoms with van der Waals surface area (Å²) in [5.41, 5.74) is 6.09. The van der Waals surface area contributed by atoms with Gasteiger partial charge in [0.2, 0.25) is 5.91 Å². The first-order chi connectivity index (χ1) is 12.5. The first-order valence-electron chi connectivity index (χ1n) is 8.03. The van der Waals surface area contributed by atoms with Crippen LogP contribution in [0.2, 0.25) is 0 Å². The molecule has 7 heteroatoms. The van der Waals surface area contributed by atoms with Crippen molar-refractivity contribution >= 4 is 11.8 Å². The van der Waals surface area contributed by atoms with Crippen LogP contribution in [0.15, 0.2) is 42.5 Å². The Hall–Kier alpha value is -3.22. The van der Waals surface area contributed by atoms with Gasteiger partial charge in [0, 0.05) is 11.6 Å². The second-order valence-electron chi connectivity index (χ2n) is 5.52. The van der Waals surface area contributed by atoms with Crippen molar-refractivity contribution in [1.29, 1.82) is 0 Å². The van der Waals surface area contributed by atoms with Gasteiger partial charge in [0.25, 0.3) is 5.91 Å². The van der Waals surface area contributed by atoms with Gasteiger partial charge in [-0.2, -0.15) is 0 Å². The highest BCUT2D eigenvalue weighted by Crippen LogP contribution is 2.22. The maximum atomic E-state index is 12.1. The Bertz CT molecular complexity index is 754. The van der Waals surface area contributed by atoms with Gasteiger partial charge in [-0.15, -0.1) is 0 Å². The van der Waals surface area contributed by atoms with Gasteiger partial charge in [0.15, 0.2) is 0 Å². The SMILES string of the molecule is COc1cc(OC)cc(C(=O)NNC(=O)CCOc2cccc(C)c2)c1. The lowest BCUT2D eigenvalue weighted by atomic mass is 10.2. The van der Waals surface area contributed by atoms with Crippen LogP contribution in [0.4, 0.5) is 0 Å². The molecule has 7 nitrogen and oxygen atoms in total. The van der Waals surface area contributed by atoms with Crippen molar-refractivity contribution < 1.29 is 23.8 Å². The lowest BCUT2D eigenvalue weighted by Gasteiger charge is -2.10. The Balaban J connectivity index is 1.80. The van der Waals surface area contributed by atoms with Crippen LogP contribution in [0.3, 0.4) is 0 Å². The topological polar surface area (TPSA) is 85.9 Å². The molecule has 26 heavy (non-hydrogen) atoms. The van der Waals surface area contributed by atoms with Crippen LogP contribution in [0, 0.1) is 6.92 Å². The number of amides is 2. The van der Waals surface area contributed by atoms with Gasteiger partial charge in [-0.3, -0.25) is 20.4 Å². The fourth-order valence-corrected chi connectivity index (χ4v) is 2.17. The van der Waals surface area contributed by atoms with E-state index in [2.05, 4.69) is 10.9 Å². The van der Waals surface area contributed by atoms with Gasteiger partial charge >= 0.3 is 0 Å². The normalized spacial score (nSPS) is 9.96. The molecule has 2 aromatic rings. The van der Waals surface area contributed by atoms with E-state index in [-0.39, 0.29) is 18.9 Å². The molecular formula is C19H22N2O5. The summed E-state index contributed by atoms with van der Waals surface area (Å²) >= 11 is 0. The molecule has 0 heterocycles. The highest BCUT2D eigenvalue weighted by atomic mass is 16.5. The summed E-state index contributed by atoms with van der Waals surface area (Å²) in [7, 11) is 2.99. The summed E-state index contributed by atoms with van der Waals surface area (Å²) in [6.45, 7) is 2.17. The minimum absolute atomic E-state index is 0.107. The Morgan fingerprint density at radius 3 is 2.23 bits per heavy atom. The summed E-state index contributed by atoms with van der Waals surface area (Å²) < 4.78 is 15.7. The van der Waals surface area contributed by atoms with Crippen LogP contribution in [-0.4, -0.2) is 32.6 Å². The minimum atomic E-state index is -0.477. The van der Waals surface area contributed by atoms with E-state index in [0.717, 1.165) is 5.56 Å². The second kappa shape index (κ2) is 9.31. The number of carbonyl (C=O) groups excluding carboxylic acids is 2. The maximum Gasteiger partial charge on any atom is 0.269 e. The molecule has 0 aromatic heterocycles. The van der Waals surface area contributed by atoms with Crippen molar-refractivity contribution in [3.63, 3.8) is 0 Å². The number of nitrogens with one attached hydrogen (secondary N) is 2. The lowest BCUT2D eigenvalue weighted by molar-refractivity contribution is -0.122. The smallest absolute Gasteiger partial charge is 0.269 e. The van der Waals surface area contributed by atoms with Gasteiger partial charge < -0.3 is 14.2 Å². The van der Waals surface area contributed by atoms with Crippen molar-refractivity contribution in [2.75, 3.05) is 20.8 Å². The predicted octanol–water partition coefficient (Wildman–Crippen LogP) is 2.24. The van der Waals surface area contributed by atoms with Crippen molar-refractivity contribution in [1.82, 2.24) is 10.9 Å². The van der Waals surface area contributed by atoms with Crippen molar-refractivity contribution in [3.05, 3.63) is 53.6 Å². The third-order valence-electron chi connectivity index (χ3n) is 3.52. The number of methoxy groups -OCH3 is 2. The first kappa shape index (κ1) is 19.1. The average molecular weight is 358 g/mol. The Kier molecular flexibility index (Phi) is 6.84. The number of carbonyl (C=O) groups is 2. The minimum Gasteiger partial charge on any atom is -0.497 e. The summed E-state index contributed by atoms with van der Waals surface area (Å²) in [6.07, 6.45) is 0.107.